The second-order valence-electron chi connectivity index (χ2n) is 6.71. The molecule has 1 fully saturated rings. The number of nitrogens with zero attached hydrogens (tertiary/aromatic N) is 2. The molecule has 1 aliphatic heterocycles. The summed E-state index contributed by atoms with van der Waals surface area (Å²) in [6.45, 7) is 2.50. The molecule has 0 spiro atoms. The summed E-state index contributed by atoms with van der Waals surface area (Å²) in [5, 5.41) is 9.13. The molecular weight excluding hydrogens is 336 g/mol. The van der Waals surface area contributed by atoms with Crippen LogP contribution in [0.2, 0.25) is 0 Å². The Morgan fingerprint density at radius 3 is 2.54 bits per heavy atom. The van der Waals surface area contributed by atoms with E-state index in [0.29, 0.717) is 19.4 Å². The molecule has 26 heavy (non-hydrogen) atoms. The quantitative estimate of drug-likeness (QED) is 0.830. The first-order valence-corrected chi connectivity index (χ1v) is 8.73. The molecule has 0 bridgehead atoms. The zero-order chi connectivity index (χ0) is 19.3. The van der Waals surface area contributed by atoms with Crippen LogP contribution in [-0.4, -0.2) is 66.5 Å². The van der Waals surface area contributed by atoms with Gasteiger partial charge in [0.2, 0.25) is 11.8 Å². The van der Waals surface area contributed by atoms with Crippen molar-refractivity contribution in [2.45, 2.75) is 25.7 Å². The minimum Gasteiger partial charge on any atom is -0.497 e. The van der Waals surface area contributed by atoms with Gasteiger partial charge in [0.25, 0.3) is 0 Å². The maximum Gasteiger partial charge on any atom is 0.308 e. The van der Waals surface area contributed by atoms with Gasteiger partial charge in [0.05, 0.1) is 25.5 Å². The minimum absolute atomic E-state index is 0.0499. The number of rotatable bonds is 6. The highest BCUT2D eigenvalue weighted by atomic mass is 16.5. The predicted octanol–water partition coefficient (Wildman–Crippen LogP) is 1.58. The Hall–Kier alpha value is -2.57. The van der Waals surface area contributed by atoms with Crippen LogP contribution in [0.15, 0.2) is 24.3 Å². The largest absolute Gasteiger partial charge is 0.497 e. The van der Waals surface area contributed by atoms with E-state index < -0.39 is 11.9 Å². The van der Waals surface area contributed by atoms with E-state index in [1.54, 1.807) is 38.1 Å². The van der Waals surface area contributed by atoms with Crippen molar-refractivity contribution in [1.82, 2.24) is 9.80 Å². The Bertz CT molecular complexity index is 658. The molecule has 7 heteroatoms. The molecule has 1 aliphatic rings. The van der Waals surface area contributed by atoms with E-state index >= 15 is 0 Å². The van der Waals surface area contributed by atoms with Gasteiger partial charge < -0.3 is 19.6 Å². The van der Waals surface area contributed by atoms with E-state index in [9.17, 15) is 14.4 Å². The van der Waals surface area contributed by atoms with Crippen LogP contribution in [0.25, 0.3) is 0 Å². The van der Waals surface area contributed by atoms with Crippen molar-refractivity contribution in [3.8, 4) is 5.75 Å². The summed E-state index contributed by atoms with van der Waals surface area (Å²) in [5.74, 6) is -1.43. The molecule has 1 saturated heterocycles. The molecule has 1 N–H and O–H groups in total. The third kappa shape index (κ3) is 4.74. The zero-order valence-corrected chi connectivity index (χ0v) is 15.5. The maximum absolute atomic E-state index is 12.6. The number of carboxylic acids is 1. The van der Waals surface area contributed by atoms with E-state index in [4.69, 9.17) is 9.84 Å². The summed E-state index contributed by atoms with van der Waals surface area (Å²) in [6, 6.07) is 7.26. The van der Waals surface area contributed by atoms with Crippen LogP contribution >= 0.6 is 0 Å². The summed E-state index contributed by atoms with van der Waals surface area (Å²) < 4.78 is 5.11. The van der Waals surface area contributed by atoms with Gasteiger partial charge in [-0.3, -0.25) is 14.4 Å². The van der Waals surface area contributed by atoms with Gasteiger partial charge in [-0.05, 0) is 37.5 Å². The highest BCUT2D eigenvalue weighted by Crippen LogP contribution is 2.21. The highest BCUT2D eigenvalue weighted by Gasteiger charge is 2.29. The Morgan fingerprint density at radius 1 is 1.31 bits per heavy atom. The zero-order valence-electron chi connectivity index (χ0n) is 15.5. The molecule has 0 saturated carbocycles. The van der Waals surface area contributed by atoms with Gasteiger partial charge in [-0.1, -0.05) is 12.1 Å². The molecule has 0 aromatic heterocycles. The summed E-state index contributed by atoms with van der Waals surface area (Å²) in [5.41, 5.74) is 0.846. The number of piperidine rings is 1. The molecule has 1 aromatic rings. The van der Waals surface area contributed by atoms with Crippen LogP contribution in [0.4, 0.5) is 0 Å². The Kier molecular flexibility index (Phi) is 6.60. The minimum atomic E-state index is -0.875. The molecule has 0 radical (unpaired) electrons. The first kappa shape index (κ1) is 19.8. The van der Waals surface area contributed by atoms with Crippen LogP contribution in [0.3, 0.4) is 0 Å². The summed E-state index contributed by atoms with van der Waals surface area (Å²) in [4.78, 5) is 39.1. The van der Waals surface area contributed by atoms with E-state index in [0.717, 1.165) is 11.3 Å². The summed E-state index contributed by atoms with van der Waals surface area (Å²) >= 11 is 0. The van der Waals surface area contributed by atoms with Gasteiger partial charge >= 0.3 is 5.97 Å². The number of methoxy groups -OCH3 is 1. The van der Waals surface area contributed by atoms with Crippen LogP contribution in [0.1, 0.15) is 31.2 Å². The fourth-order valence-electron chi connectivity index (χ4n) is 3.15. The van der Waals surface area contributed by atoms with Crippen LogP contribution in [0, 0.1) is 5.92 Å². The van der Waals surface area contributed by atoms with Gasteiger partial charge in [-0.2, -0.15) is 0 Å². The monoisotopic (exact) mass is 362 g/mol. The lowest BCUT2D eigenvalue weighted by Crippen LogP contribution is -2.47. The molecule has 0 aliphatic carbocycles. The molecule has 2 unspecified atom stereocenters. The van der Waals surface area contributed by atoms with Gasteiger partial charge in [-0.25, -0.2) is 0 Å². The topological polar surface area (TPSA) is 87.2 Å². The number of hydrogen-bond donors (Lipinski definition) is 1. The Balaban J connectivity index is 1.94. The van der Waals surface area contributed by atoms with Gasteiger partial charge in [0.15, 0.2) is 0 Å². The van der Waals surface area contributed by atoms with Crippen molar-refractivity contribution >= 4 is 17.8 Å². The number of aliphatic carboxylic acids is 1. The number of carboxylic acid groups (broad SMARTS) is 1. The van der Waals surface area contributed by atoms with Gasteiger partial charge in [0.1, 0.15) is 5.75 Å². The average Bonchev–Trinajstić information content (AvgIpc) is 2.66. The first-order chi connectivity index (χ1) is 12.3. The number of hydrogen-bond acceptors (Lipinski definition) is 4. The van der Waals surface area contributed by atoms with Crippen molar-refractivity contribution in [3.63, 3.8) is 0 Å². The van der Waals surface area contributed by atoms with E-state index in [-0.39, 0.29) is 30.8 Å². The van der Waals surface area contributed by atoms with Gasteiger partial charge in [0, 0.05) is 20.1 Å². The van der Waals surface area contributed by atoms with Crippen LogP contribution in [-0.2, 0) is 14.4 Å². The molecule has 2 rings (SSSR count). The number of ether oxygens (including phenoxy) is 1. The van der Waals surface area contributed by atoms with Crippen LogP contribution < -0.4 is 4.74 Å². The van der Waals surface area contributed by atoms with E-state index in [1.165, 1.54) is 4.90 Å². The second-order valence-corrected chi connectivity index (χ2v) is 6.71. The second kappa shape index (κ2) is 8.69. The SMILES string of the molecule is COc1ccc(C(C)C(=O)N(C)CC(=O)N2CCCC(C(=O)O)C2)cc1. The van der Waals surface area contributed by atoms with Crippen LogP contribution in [0.5, 0.6) is 5.75 Å². The van der Waals surface area contributed by atoms with Crippen molar-refractivity contribution in [2.75, 3.05) is 33.8 Å². The normalized spacial score (nSPS) is 18.1. The lowest BCUT2D eigenvalue weighted by atomic mass is 9.98. The molecule has 142 valence electrons. The standard InChI is InChI=1S/C19H26N2O5/c1-13(14-6-8-16(26-3)9-7-14)18(23)20(2)12-17(22)21-10-4-5-15(11-21)19(24)25/h6-9,13,15H,4-5,10-12H2,1-3H3,(H,24,25). The lowest BCUT2D eigenvalue weighted by molar-refractivity contribution is -0.147. The number of carbonyl (C=O) groups is 3. The number of benzene rings is 1. The first-order valence-electron chi connectivity index (χ1n) is 8.73. The van der Waals surface area contributed by atoms with E-state index in [2.05, 4.69) is 0 Å². The third-order valence-corrected chi connectivity index (χ3v) is 4.86. The molecule has 1 heterocycles. The number of likely N-dealkylation sites (N-methyl/N-ethyl adjacent to an activating group) is 1. The molecule has 2 amide bonds. The number of amides is 2. The molecule has 2 atom stereocenters. The van der Waals surface area contributed by atoms with Gasteiger partial charge in [-0.15, -0.1) is 0 Å². The van der Waals surface area contributed by atoms with Crippen molar-refractivity contribution < 1.29 is 24.2 Å². The summed E-state index contributed by atoms with van der Waals surface area (Å²) in [7, 11) is 3.18. The smallest absolute Gasteiger partial charge is 0.308 e. The lowest BCUT2D eigenvalue weighted by Gasteiger charge is -2.32. The third-order valence-electron chi connectivity index (χ3n) is 4.86. The fourth-order valence-corrected chi connectivity index (χ4v) is 3.15. The van der Waals surface area contributed by atoms with E-state index in [1.807, 2.05) is 12.1 Å². The maximum atomic E-state index is 12.6. The molecular formula is C19H26N2O5. The summed E-state index contributed by atoms with van der Waals surface area (Å²) in [6.07, 6.45) is 1.25. The Labute approximate surface area is 153 Å². The van der Waals surface area contributed by atoms with Crippen molar-refractivity contribution in [3.05, 3.63) is 29.8 Å². The molecule has 7 nitrogen and oxygen atoms in total. The Morgan fingerprint density at radius 2 is 1.96 bits per heavy atom. The predicted molar refractivity (Wildman–Crippen MR) is 96.0 cm³/mol. The van der Waals surface area contributed by atoms with Crippen molar-refractivity contribution in [1.29, 1.82) is 0 Å². The fraction of sp³-hybridized carbons (Fsp3) is 0.526. The number of likely N-dealkylation sites (tertiary alicyclic amines) is 1. The van der Waals surface area contributed by atoms with Crippen molar-refractivity contribution in [2.24, 2.45) is 5.92 Å². The number of carbonyl (C=O) groups excluding carboxylic acids is 2. The molecule has 1 aromatic carbocycles. The highest BCUT2D eigenvalue weighted by molar-refractivity contribution is 5.88. The average molecular weight is 362 g/mol.